The normalized spacial score (nSPS) is 16.2. The fourth-order valence-electron chi connectivity index (χ4n) is 4.00. The van der Waals surface area contributed by atoms with Gasteiger partial charge in [-0.25, -0.2) is 13.3 Å². The highest BCUT2D eigenvalue weighted by atomic mass is 19.1. The Morgan fingerprint density at radius 1 is 1.26 bits per heavy atom. The maximum atomic E-state index is 14.4. The summed E-state index contributed by atoms with van der Waals surface area (Å²) in [4.78, 5) is 14.7. The van der Waals surface area contributed by atoms with Gasteiger partial charge in [0.25, 0.3) is 5.91 Å². The predicted octanol–water partition coefficient (Wildman–Crippen LogP) is 2.40. The number of hydrogen-bond donors (Lipinski definition) is 2. The number of anilines is 1. The van der Waals surface area contributed by atoms with Gasteiger partial charge in [-0.2, -0.15) is 10.3 Å². The zero-order chi connectivity index (χ0) is 21.4. The van der Waals surface area contributed by atoms with Crippen LogP contribution in [-0.2, 0) is 6.54 Å². The summed E-state index contributed by atoms with van der Waals surface area (Å²) < 4.78 is 29.8. The molecule has 158 valence electrons. The van der Waals surface area contributed by atoms with Gasteiger partial charge in [0.1, 0.15) is 11.6 Å². The minimum absolute atomic E-state index is 0.124. The number of fused-ring (bicyclic) bond motifs is 1. The molecule has 5 rings (SSSR count). The van der Waals surface area contributed by atoms with Gasteiger partial charge in [0.2, 0.25) is 0 Å². The number of carbonyl (C=O) groups excluding carboxylic acids is 1. The third-order valence-corrected chi connectivity index (χ3v) is 5.45. The van der Waals surface area contributed by atoms with Crippen LogP contribution >= 0.6 is 0 Å². The van der Waals surface area contributed by atoms with Crippen LogP contribution in [0.2, 0.25) is 0 Å². The van der Waals surface area contributed by atoms with E-state index in [2.05, 4.69) is 31.0 Å². The first-order chi connectivity index (χ1) is 15.1. The topological polar surface area (TPSA) is 104 Å². The number of tetrazole rings is 1. The molecule has 0 bridgehead atoms. The highest BCUT2D eigenvalue weighted by molar-refractivity contribution is 6.01. The zero-order valence-corrected chi connectivity index (χ0v) is 16.3. The fourth-order valence-corrected chi connectivity index (χ4v) is 4.00. The number of benzene rings is 1. The van der Waals surface area contributed by atoms with Gasteiger partial charge in [0, 0.05) is 24.0 Å². The summed E-state index contributed by atoms with van der Waals surface area (Å²) in [7, 11) is 0. The van der Waals surface area contributed by atoms with Gasteiger partial charge in [-0.15, -0.1) is 10.2 Å². The Labute approximate surface area is 175 Å². The van der Waals surface area contributed by atoms with Gasteiger partial charge in [-0.3, -0.25) is 4.79 Å². The van der Waals surface area contributed by atoms with E-state index in [9.17, 15) is 13.6 Å². The number of hydrogen-bond acceptors (Lipinski definition) is 6. The lowest BCUT2D eigenvalue weighted by atomic mass is 10.0. The molecule has 11 heteroatoms. The molecule has 1 amide bonds. The highest BCUT2D eigenvalue weighted by Gasteiger charge is 2.29. The van der Waals surface area contributed by atoms with E-state index in [1.807, 2.05) is 17.0 Å². The lowest BCUT2D eigenvalue weighted by Crippen LogP contribution is -2.24. The number of aromatic nitrogens is 6. The molecule has 2 N–H and O–H groups in total. The number of aromatic amines is 1. The number of nitrogens with one attached hydrogen (secondary N) is 2. The Bertz CT molecular complexity index is 1240. The van der Waals surface area contributed by atoms with Crippen molar-refractivity contribution in [2.24, 2.45) is 0 Å². The summed E-state index contributed by atoms with van der Waals surface area (Å²) in [5.41, 5.74) is 2.14. The fraction of sp³-hybridized carbons (Fsp3) is 0.250. The average Bonchev–Trinajstić information content (AvgIpc) is 3.53. The van der Waals surface area contributed by atoms with Crippen molar-refractivity contribution in [3.05, 3.63) is 71.3 Å². The second kappa shape index (κ2) is 7.74. The van der Waals surface area contributed by atoms with Crippen LogP contribution in [0.3, 0.4) is 0 Å². The maximum absolute atomic E-state index is 14.4. The summed E-state index contributed by atoms with van der Waals surface area (Å²) in [5, 5.41) is 20.4. The van der Waals surface area contributed by atoms with Crippen LogP contribution in [0.25, 0.3) is 5.52 Å². The minimum Gasteiger partial charge on any atom is -0.364 e. The molecule has 31 heavy (non-hydrogen) atoms. The molecular formula is C20H18F2N8O. The second-order valence-corrected chi connectivity index (χ2v) is 7.30. The summed E-state index contributed by atoms with van der Waals surface area (Å²) in [6, 6.07) is 6.95. The van der Waals surface area contributed by atoms with Gasteiger partial charge < -0.3 is 10.2 Å². The van der Waals surface area contributed by atoms with E-state index >= 15 is 0 Å². The molecule has 0 saturated carbocycles. The molecule has 0 unspecified atom stereocenters. The van der Waals surface area contributed by atoms with E-state index < -0.39 is 11.6 Å². The number of halogens is 2. The molecule has 1 aromatic carbocycles. The van der Waals surface area contributed by atoms with Gasteiger partial charge in [-0.05, 0) is 43.2 Å². The monoisotopic (exact) mass is 424 g/mol. The molecule has 4 heterocycles. The standard InChI is InChI=1S/C20H18F2N8O/c21-12-3-4-16(22)14(8-12)17-2-1-6-29(17)13-5-7-30-18(9-13)15(10-24-30)20(31)23-11-19-25-27-28-26-19/h3-5,7-10,17H,1-2,6,11H2,(H,23,31)(H,25,26,27,28)/t17-/m1/s1. The van der Waals surface area contributed by atoms with E-state index in [1.165, 1.54) is 12.3 Å². The number of carbonyl (C=O) groups is 1. The molecule has 0 spiro atoms. The van der Waals surface area contributed by atoms with Crippen LogP contribution in [-0.4, -0.2) is 42.7 Å². The zero-order valence-electron chi connectivity index (χ0n) is 16.3. The highest BCUT2D eigenvalue weighted by Crippen LogP contribution is 2.38. The molecule has 4 aromatic rings. The predicted molar refractivity (Wildman–Crippen MR) is 106 cm³/mol. The first-order valence-corrected chi connectivity index (χ1v) is 9.79. The van der Waals surface area contributed by atoms with E-state index in [0.717, 1.165) is 24.2 Å². The lowest BCUT2D eigenvalue weighted by Gasteiger charge is -2.27. The van der Waals surface area contributed by atoms with Crippen LogP contribution in [0.5, 0.6) is 0 Å². The average molecular weight is 424 g/mol. The van der Waals surface area contributed by atoms with Crippen molar-refractivity contribution in [1.29, 1.82) is 0 Å². The molecule has 1 fully saturated rings. The van der Waals surface area contributed by atoms with E-state index in [-0.39, 0.29) is 18.5 Å². The summed E-state index contributed by atoms with van der Waals surface area (Å²) >= 11 is 0. The quantitative estimate of drug-likeness (QED) is 0.510. The van der Waals surface area contributed by atoms with Crippen molar-refractivity contribution >= 4 is 17.1 Å². The Kier molecular flexibility index (Phi) is 4.77. The maximum Gasteiger partial charge on any atom is 0.255 e. The van der Waals surface area contributed by atoms with Crippen LogP contribution in [0.4, 0.5) is 14.5 Å². The second-order valence-electron chi connectivity index (χ2n) is 7.30. The molecular weight excluding hydrogens is 406 g/mol. The van der Waals surface area contributed by atoms with E-state index in [4.69, 9.17) is 0 Å². The molecule has 9 nitrogen and oxygen atoms in total. The van der Waals surface area contributed by atoms with Crippen molar-refractivity contribution in [2.75, 3.05) is 11.4 Å². The summed E-state index contributed by atoms with van der Waals surface area (Å²) in [6.45, 7) is 0.823. The van der Waals surface area contributed by atoms with Crippen molar-refractivity contribution < 1.29 is 13.6 Å². The Morgan fingerprint density at radius 3 is 3.00 bits per heavy atom. The third kappa shape index (κ3) is 3.58. The van der Waals surface area contributed by atoms with Gasteiger partial charge in [0.15, 0.2) is 5.82 Å². The molecule has 1 aliphatic heterocycles. The first-order valence-electron chi connectivity index (χ1n) is 9.79. The van der Waals surface area contributed by atoms with Crippen molar-refractivity contribution in [3.63, 3.8) is 0 Å². The largest absolute Gasteiger partial charge is 0.364 e. The molecule has 0 radical (unpaired) electrons. The van der Waals surface area contributed by atoms with Gasteiger partial charge in [-0.1, -0.05) is 5.21 Å². The summed E-state index contributed by atoms with van der Waals surface area (Å²) in [5.74, 6) is -0.853. The van der Waals surface area contributed by atoms with Crippen LogP contribution in [0.15, 0.2) is 42.7 Å². The number of pyridine rings is 1. The molecule has 1 atom stereocenters. The number of amides is 1. The van der Waals surface area contributed by atoms with Crippen LogP contribution < -0.4 is 10.2 Å². The van der Waals surface area contributed by atoms with Crippen LogP contribution in [0, 0.1) is 11.6 Å². The molecule has 3 aromatic heterocycles. The molecule has 1 saturated heterocycles. The van der Waals surface area contributed by atoms with Crippen LogP contribution in [0.1, 0.15) is 40.6 Å². The van der Waals surface area contributed by atoms with E-state index in [1.54, 1.807) is 10.7 Å². The Balaban J connectivity index is 1.44. The van der Waals surface area contributed by atoms with Gasteiger partial charge in [0.05, 0.1) is 29.9 Å². The number of H-pyrrole nitrogens is 1. The SMILES string of the molecule is O=C(NCc1nn[nH]n1)c1cnn2ccc(N3CCC[C@@H]3c3cc(F)ccc3F)cc12. The minimum atomic E-state index is -0.463. The lowest BCUT2D eigenvalue weighted by molar-refractivity contribution is 0.0951. The number of nitrogens with zero attached hydrogens (tertiary/aromatic N) is 6. The Hall–Kier alpha value is -3.89. The van der Waals surface area contributed by atoms with Gasteiger partial charge >= 0.3 is 0 Å². The van der Waals surface area contributed by atoms with Crippen molar-refractivity contribution in [1.82, 2.24) is 35.6 Å². The Morgan fingerprint density at radius 2 is 2.16 bits per heavy atom. The first kappa shape index (κ1) is 19.1. The third-order valence-electron chi connectivity index (χ3n) is 5.45. The van der Waals surface area contributed by atoms with Crippen molar-refractivity contribution in [2.45, 2.75) is 25.4 Å². The van der Waals surface area contributed by atoms with Crippen molar-refractivity contribution in [3.8, 4) is 0 Å². The van der Waals surface area contributed by atoms with E-state index in [0.29, 0.717) is 35.4 Å². The molecule has 1 aliphatic rings. The number of rotatable bonds is 5. The molecule has 0 aliphatic carbocycles. The smallest absolute Gasteiger partial charge is 0.255 e. The summed E-state index contributed by atoms with van der Waals surface area (Å²) in [6.07, 6.45) is 4.79.